The summed E-state index contributed by atoms with van der Waals surface area (Å²) in [6.45, 7) is 3.96. The van der Waals surface area contributed by atoms with E-state index in [0.717, 1.165) is 28.3 Å². The molecule has 1 saturated heterocycles. The highest BCUT2D eigenvalue weighted by atomic mass is 32.1. The quantitative estimate of drug-likeness (QED) is 0.681. The fraction of sp³-hybridized carbons (Fsp3) is 0.471. The van der Waals surface area contributed by atoms with Gasteiger partial charge < -0.3 is 0 Å². The highest BCUT2D eigenvalue weighted by Gasteiger charge is 2.59. The average Bonchev–Trinajstić information content (AvgIpc) is 3.27. The normalized spacial score (nSPS) is 31.1. The third kappa shape index (κ3) is 1.94. The highest BCUT2D eigenvalue weighted by molar-refractivity contribution is 7.10. The van der Waals surface area contributed by atoms with Gasteiger partial charge in [0.05, 0.1) is 17.4 Å². The van der Waals surface area contributed by atoms with E-state index in [0.29, 0.717) is 5.56 Å². The first-order valence-corrected chi connectivity index (χ1v) is 8.85. The van der Waals surface area contributed by atoms with E-state index in [1.807, 2.05) is 26.0 Å². The van der Waals surface area contributed by atoms with E-state index in [2.05, 4.69) is 5.43 Å². The van der Waals surface area contributed by atoms with Gasteiger partial charge in [-0.1, -0.05) is 19.1 Å². The van der Waals surface area contributed by atoms with E-state index in [-0.39, 0.29) is 41.4 Å². The van der Waals surface area contributed by atoms with Gasteiger partial charge >= 0.3 is 0 Å². The summed E-state index contributed by atoms with van der Waals surface area (Å²) in [5, 5.41) is 2.76. The second kappa shape index (κ2) is 5.03. The number of carbonyl (C=O) groups excluding carboxylic acids is 3. The van der Waals surface area contributed by atoms with Crippen molar-refractivity contribution in [1.29, 1.82) is 0 Å². The Labute approximate surface area is 138 Å². The molecule has 120 valence electrons. The molecule has 1 aromatic heterocycles. The second-order valence-corrected chi connectivity index (χ2v) is 7.57. The number of nitrogens with zero attached hydrogens (tertiary/aromatic N) is 1. The molecule has 3 amide bonds. The largest absolute Gasteiger partial charge is 0.272 e. The van der Waals surface area contributed by atoms with Crippen LogP contribution in [0.1, 0.15) is 34.1 Å². The number of allylic oxidation sites excluding steroid dienone is 2. The average molecular weight is 330 g/mol. The van der Waals surface area contributed by atoms with Gasteiger partial charge in [0.2, 0.25) is 0 Å². The summed E-state index contributed by atoms with van der Waals surface area (Å²) < 4.78 is 0. The third-order valence-electron chi connectivity index (χ3n) is 5.39. The van der Waals surface area contributed by atoms with Gasteiger partial charge in [-0.2, -0.15) is 5.01 Å². The van der Waals surface area contributed by atoms with Crippen LogP contribution in [0.4, 0.5) is 0 Å². The lowest BCUT2D eigenvalue weighted by molar-refractivity contribution is -0.143. The number of hydrazine groups is 1. The summed E-state index contributed by atoms with van der Waals surface area (Å²) in [7, 11) is 0. The van der Waals surface area contributed by atoms with Gasteiger partial charge in [-0.15, -0.1) is 11.3 Å². The summed E-state index contributed by atoms with van der Waals surface area (Å²) in [5.74, 6) is -1.14. The molecule has 2 aliphatic carbocycles. The maximum atomic E-state index is 12.6. The molecule has 0 spiro atoms. The lowest BCUT2D eigenvalue weighted by atomic mass is 9.85. The fourth-order valence-corrected chi connectivity index (χ4v) is 5.22. The summed E-state index contributed by atoms with van der Waals surface area (Å²) >= 11 is 1.51. The van der Waals surface area contributed by atoms with Gasteiger partial charge in [-0.25, -0.2) is 0 Å². The lowest BCUT2D eigenvalue weighted by Crippen LogP contribution is -2.47. The number of hydrogen-bond donors (Lipinski definition) is 1. The number of amides is 3. The Bertz CT molecular complexity index is 721. The molecule has 4 atom stereocenters. The molecular formula is C17H18N2O3S. The molecule has 6 heteroatoms. The molecule has 3 aliphatic rings. The summed E-state index contributed by atoms with van der Waals surface area (Å²) in [5.41, 5.74) is 4.10. The van der Waals surface area contributed by atoms with Crippen LogP contribution in [-0.4, -0.2) is 22.7 Å². The molecule has 0 radical (unpaired) electrons. The lowest BCUT2D eigenvalue weighted by Gasteiger charge is -2.18. The van der Waals surface area contributed by atoms with Gasteiger partial charge in [0, 0.05) is 10.3 Å². The molecule has 23 heavy (non-hydrogen) atoms. The molecule has 1 aliphatic heterocycles. The number of carbonyl (C=O) groups is 3. The maximum Gasteiger partial charge on any atom is 0.271 e. The molecule has 4 rings (SSSR count). The summed E-state index contributed by atoms with van der Waals surface area (Å²) in [4.78, 5) is 38.8. The van der Waals surface area contributed by atoms with Crippen molar-refractivity contribution in [3.63, 3.8) is 0 Å². The van der Waals surface area contributed by atoms with E-state index in [4.69, 9.17) is 0 Å². The Balaban J connectivity index is 1.57. The zero-order valence-corrected chi connectivity index (χ0v) is 13.9. The van der Waals surface area contributed by atoms with Crippen molar-refractivity contribution in [2.24, 2.45) is 23.7 Å². The van der Waals surface area contributed by atoms with E-state index in [9.17, 15) is 14.4 Å². The smallest absolute Gasteiger partial charge is 0.271 e. The molecule has 2 heterocycles. The first-order chi connectivity index (χ1) is 11.0. The van der Waals surface area contributed by atoms with Crippen molar-refractivity contribution in [1.82, 2.24) is 10.4 Å². The number of thiophene rings is 1. The molecule has 1 aromatic rings. The predicted molar refractivity (Wildman–Crippen MR) is 85.5 cm³/mol. The number of aryl methyl sites for hydroxylation is 1. The van der Waals surface area contributed by atoms with Crippen LogP contribution in [-0.2, 0) is 16.0 Å². The van der Waals surface area contributed by atoms with Crippen LogP contribution in [0.15, 0.2) is 17.5 Å². The monoisotopic (exact) mass is 330 g/mol. The topological polar surface area (TPSA) is 66.5 Å². The van der Waals surface area contributed by atoms with Crippen LogP contribution in [0.3, 0.4) is 0 Å². The first-order valence-electron chi connectivity index (χ1n) is 7.97. The van der Waals surface area contributed by atoms with E-state index in [1.165, 1.54) is 11.3 Å². The molecule has 1 saturated carbocycles. The number of fused-ring (bicyclic) bond motifs is 5. The number of nitrogens with one attached hydrogen (secondary N) is 1. The SMILES string of the molecule is CCc1c(C(=O)NN2C(=O)[C@@H]3[C@@H](C2=O)[C@H]2C=C[C@@H]3C2)csc1C. The fourth-order valence-electron chi connectivity index (χ4n) is 4.28. The number of hydrogen-bond acceptors (Lipinski definition) is 4. The summed E-state index contributed by atoms with van der Waals surface area (Å²) in [6.07, 6.45) is 5.72. The highest BCUT2D eigenvalue weighted by Crippen LogP contribution is 2.52. The van der Waals surface area contributed by atoms with Crippen LogP contribution in [0.5, 0.6) is 0 Å². The number of imide groups is 1. The first kappa shape index (κ1) is 14.6. The second-order valence-electron chi connectivity index (χ2n) is 6.49. The van der Waals surface area contributed by atoms with Gasteiger partial charge in [0.1, 0.15) is 0 Å². The molecule has 0 aromatic carbocycles. The van der Waals surface area contributed by atoms with Crippen molar-refractivity contribution in [3.05, 3.63) is 33.5 Å². The minimum atomic E-state index is -0.367. The Kier molecular flexibility index (Phi) is 3.20. The standard InChI is InChI=1S/C17H18N2O3S/c1-3-11-8(2)23-7-12(11)15(20)18-19-16(21)13-9-4-5-10(6-9)14(13)17(19)22/h4-5,7,9-10,13-14H,3,6H2,1-2H3,(H,18,20)/t9-,10+,13-,14-/m0/s1. The van der Waals surface area contributed by atoms with Gasteiger partial charge in [0.15, 0.2) is 0 Å². The Morgan fingerprint density at radius 3 is 2.43 bits per heavy atom. The zero-order valence-electron chi connectivity index (χ0n) is 13.0. The van der Waals surface area contributed by atoms with Crippen molar-refractivity contribution in [2.45, 2.75) is 26.7 Å². The van der Waals surface area contributed by atoms with Crippen LogP contribution < -0.4 is 5.43 Å². The van der Waals surface area contributed by atoms with Crippen molar-refractivity contribution >= 4 is 29.1 Å². The Morgan fingerprint density at radius 1 is 1.26 bits per heavy atom. The zero-order chi connectivity index (χ0) is 16.3. The minimum absolute atomic E-state index is 0.151. The molecular weight excluding hydrogens is 312 g/mol. The molecule has 0 unspecified atom stereocenters. The van der Waals surface area contributed by atoms with Crippen LogP contribution in [0, 0.1) is 30.6 Å². The predicted octanol–water partition coefficient (Wildman–Crippen LogP) is 2.07. The number of rotatable bonds is 3. The van der Waals surface area contributed by atoms with Crippen LogP contribution in [0.25, 0.3) is 0 Å². The molecule has 2 bridgehead atoms. The molecule has 5 nitrogen and oxygen atoms in total. The summed E-state index contributed by atoms with van der Waals surface area (Å²) in [6, 6.07) is 0. The van der Waals surface area contributed by atoms with Crippen molar-refractivity contribution in [3.8, 4) is 0 Å². The minimum Gasteiger partial charge on any atom is -0.272 e. The maximum absolute atomic E-state index is 12.6. The van der Waals surface area contributed by atoms with Gasteiger partial charge in [-0.05, 0) is 37.2 Å². The molecule has 1 N–H and O–H groups in total. The van der Waals surface area contributed by atoms with E-state index >= 15 is 0 Å². The van der Waals surface area contributed by atoms with Gasteiger partial charge in [-0.3, -0.25) is 19.8 Å². The van der Waals surface area contributed by atoms with E-state index < -0.39 is 0 Å². The third-order valence-corrected chi connectivity index (χ3v) is 6.34. The van der Waals surface area contributed by atoms with Crippen molar-refractivity contribution < 1.29 is 14.4 Å². The van der Waals surface area contributed by atoms with E-state index in [1.54, 1.807) is 5.38 Å². The van der Waals surface area contributed by atoms with Crippen LogP contribution >= 0.6 is 11.3 Å². The molecule has 2 fully saturated rings. The Hall–Kier alpha value is -1.95. The van der Waals surface area contributed by atoms with Crippen LogP contribution in [0.2, 0.25) is 0 Å². The Morgan fingerprint density at radius 2 is 1.87 bits per heavy atom. The van der Waals surface area contributed by atoms with Crippen molar-refractivity contribution in [2.75, 3.05) is 0 Å². The van der Waals surface area contributed by atoms with Gasteiger partial charge in [0.25, 0.3) is 17.7 Å².